The lowest BCUT2D eigenvalue weighted by atomic mass is 10.1. The minimum atomic E-state index is 0.726. The summed E-state index contributed by atoms with van der Waals surface area (Å²) in [4.78, 5) is 0. The van der Waals surface area contributed by atoms with Gasteiger partial charge in [-0.1, -0.05) is 31.5 Å². The Morgan fingerprint density at radius 3 is 2.58 bits per heavy atom. The fourth-order valence-electron chi connectivity index (χ4n) is 2.00. The van der Waals surface area contributed by atoms with Crippen LogP contribution in [0.2, 0.25) is 0 Å². The van der Waals surface area contributed by atoms with Crippen LogP contribution in [-0.4, -0.2) is 26.7 Å². The van der Waals surface area contributed by atoms with Gasteiger partial charge in [0.1, 0.15) is 5.75 Å². The second kappa shape index (κ2) is 8.94. The molecule has 0 spiro atoms. The second-order valence-electron chi connectivity index (χ2n) is 5.44. The van der Waals surface area contributed by atoms with Gasteiger partial charge in [-0.15, -0.1) is 0 Å². The van der Waals surface area contributed by atoms with Gasteiger partial charge in [-0.05, 0) is 45.0 Å². The molecule has 0 saturated carbocycles. The van der Waals surface area contributed by atoms with Crippen LogP contribution in [0.25, 0.3) is 0 Å². The van der Waals surface area contributed by atoms with E-state index >= 15 is 0 Å². The molecule has 3 heteroatoms. The van der Waals surface area contributed by atoms with Crippen molar-refractivity contribution in [3.63, 3.8) is 0 Å². The number of methoxy groups -OCH3 is 1. The van der Waals surface area contributed by atoms with E-state index in [-0.39, 0.29) is 0 Å². The van der Waals surface area contributed by atoms with E-state index < -0.39 is 0 Å². The van der Waals surface area contributed by atoms with Crippen LogP contribution < -0.4 is 15.4 Å². The molecule has 0 unspecified atom stereocenters. The maximum Gasteiger partial charge on any atom is 0.123 e. The van der Waals surface area contributed by atoms with Crippen molar-refractivity contribution in [1.82, 2.24) is 10.6 Å². The number of hydrogen-bond donors (Lipinski definition) is 2. The molecule has 3 nitrogen and oxygen atoms in total. The zero-order chi connectivity index (χ0) is 14.1. The quantitative estimate of drug-likeness (QED) is 0.673. The molecule has 0 amide bonds. The van der Waals surface area contributed by atoms with Gasteiger partial charge in [-0.25, -0.2) is 0 Å². The molecule has 2 N–H and O–H groups in total. The molecule has 1 aromatic rings. The van der Waals surface area contributed by atoms with Gasteiger partial charge in [0, 0.05) is 12.1 Å². The van der Waals surface area contributed by atoms with E-state index in [4.69, 9.17) is 4.74 Å². The second-order valence-corrected chi connectivity index (χ2v) is 5.44. The molecule has 0 heterocycles. The van der Waals surface area contributed by atoms with Crippen molar-refractivity contribution in [2.45, 2.75) is 33.7 Å². The Kier molecular flexibility index (Phi) is 7.53. The standard InChI is InChI=1S/C16H28N2O/c1-13(2)11-17-8-5-9-18-12-15-10-14(3)6-7-16(15)19-4/h6-7,10,13,17-18H,5,8-9,11-12H2,1-4H3. The summed E-state index contributed by atoms with van der Waals surface area (Å²) in [5.74, 6) is 1.69. The van der Waals surface area contributed by atoms with Crippen molar-refractivity contribution in [3.05, 3.63) is 29.3 Å². The lowest BCUT2D eigenvalue weighted by Crippen LogP contribution is -2.24. The number of ether oxygens (including phenoxy) is 1. The Hall–Kier alpha value is -1.06. The third kappa shape index (κ3) is 6.60. The molecule has 0 saturated heterocycles. The third-order valence-corrected chi connectivity index (χ3v) is 3.01. The van der Waals surface area contributed by atoms with Gasteiger partial charge >= 0.3 is 0 Å². The first-order chi connectivity index (χ1) is 9.13. The fourth-order valence-corrected chi connectivity index (χ4v) is 2.00. The Morgan fingerprint density at radius 1 is 1.16 bits per heavy atom. The molecule has 19 heavy (non-hydrogen) atoms. The predicted octanol–water partition coefficient (Wildman–Crippen LogP) is 2.73. The highest BCUT2D eigenvalue weighted by atomic mass is 16.5. The van der Waals surface area contributed by atoms with Gasteiger partial charge in [0.25, 0.3) is 0 Å². The largest absolute Gasteiger partial charge is 0.496 e. The maximum absolute atomic E-state index is 5.37. The smallest absolute Gasteiger partial charge is 0.123 e. The number of hydrogen-bond acceptors (Lipinski definition) is 3. The summed E-state index contributed by atoms with van der Waals surface area (Å²) in [6.45, 7) is 10.7. The van der Waals surface area contributed by atoms with Gasteiger partial charge in [0.2, 0.25) is 0 Å². The highest BCUT2D eigenvalue weighted by molar-refractivity contribution is 5.36. The van der Waals surface area contributed by atoms with E-state index in [1.807, 2.05) is 6.07 Å². The molecule has 108 valence electrons. The van der Waals surface area contributed by atoms with Crippen LogP contribution in [0.15, 0.2) is 18.2 Å². The number of nitrogens with one attached hydrogen (secondary N) is 2. The summed E-state index contributed by atoms with van der Waals surface area (Å²) in [5, 5.41) is 6.92. The van der Waals surface area contributed by atoms with Crippen LogP contribution in [0.5, 0.6) is 5.75 Å². The summed E-state index contributed by atoms with van der Waals surface area (Å²) < 4.78 is 5.37. The Morgan fingerprint density at radius 2 is 1.89 bits per heavy atom. The van der Waals surface area contributed by atoms with Gasteiger partial charge < -0.3 is 15.4 Å². The number of benzene rings is 1. The van der Waals surface area contributed by atoms with E-state index in [2.05, 4.69) is 43.5 Å². The summed E-state index contributed by atoms with van der Waals surface area (Å²) in [7, 11) is 1.73. The van der Waals surface area contributed by atoms with Crippen LogP contribution in [0.1, 0.15) is 31.4 Å². The fraction of sp³-hybridized carbons (Fsp3) is 0.625. The van der Waals surface area contributed by atoms with Crippen molar-refractivity contribution in [2.24, 2.45) is 5.92 Å². The van der Waals surface area contributed by atoms with Crippen molar-refractivity contribution in [2.75, 3.05) is 26.7 Å². The Bertz CT molecular complexity index is 364. The molecular formula is C16H28N2O. The Balaban J connectivity index is 2.20. The molecule has 0 atom stereocenters. The minimum Gasteiger partial charge on any atom is -0.496 e. The molecule has 0 aromatic heterocycles. The zero-order valence-electron chi connectivity index (χ0n) is 12.8. The molecule has 0 fully saturated rings. The molecule has 0 radical (unpaired) electrons. The molecule has 0 aliphatic carbocycles. The van der Waals surface area contributed by atoms with Gasteiger partial charge in [-0.2, -0.15) is 0 Å². The number of aryl methyl sites for hydroxylation is 1. The minimum absolute atomic E-state index is 0.726. The van der Waals surface area contributed by atoms with Crippen LogP contribution in [0.3, 0.4) is 0 Å². The maximum atomic E-state index is 5.37. The highest BCUT2D eigenvalue weighted by Gasteiger charge is 2.02. The van der Waals surface area contributed by atoms with E-state index in [0.717, 1.165) is 44.3 Å². The monoisotopic (exact) mass is 264 g/mol. The van der Waals surface area contributed by atoms with E-state index in [0.29, 0.717) is 0 Å². The summed E-state index contributed by atoms with van der Waals surface area (Å²) >= 11 is 0. The molecule has 0 aliphatic heterocycles. The molecule has 1 rings (SSSR count). The SMILES string of the molecule is COc1ccc(C)cc1CNCCCNCC(C)C. The van der Waals surface area contributed by atoms with Gasteiger partial charge in [0.15, 0.2) is 0 Å². The average Bonchev–Trinajstić information content (AvgIpc) is 2.37. The lowest BCUT2D eigenvalue weighted by Gasteiger charge is -2.11. The summed E-state index contributed by atoms with van der Waals surface area (Å²) in [6, 6.07) is 6.30. The zero-order valence-corrected chi connectivity index (χ0v) is 12.8. The van der Waals surface area contributed by atoms with Crippen molar-refractivity contribution in [1.29, 1.82) is 0 Å². The lowest BCUT2D eigenvalue weighted by molar-refractivity contribution is 0.407. The average molecular weight is 264 g/mol. The first-order valence-corrected chi connectivity index (χ1v) is 7.18. The highest BCUT2D eigenvalue weighted by Crippen LogP contribution is 2.19. The first kappa shape index (κ1) is 16.0. The predicted molar refractivity (Wildman–Crippen MR) is 81.8 cm³/mol. The van der Waals surface area contributed by atoms with Crippen LogP contribution in [0.4, 0.5) is 0 Å². The van der Waals surface area contributed by atoms with Crippen LogP contribution >= 0.6 is 0 Å². The van der Waals surface area contributed by atoms with Crippen molar-refractivity contribution in [3.8, 4) is 5.75 Å². The van der Waals surface area contributed by atoms with Crippen LogP contribution in [0, 0.1) is 12.8 Å². The first-order valence-electron chi connectivity index (χ1n) is 7.18. The van der Waals surface area contributed by atoms with Gasteiger partial charge in [-0.3, -0.25) is 0 Å². The van der Waals surface area contributed by atoms with Crippen molar-refractivity contribution >= 4 is 0 Å². The topological polar surface area (TPSA) is 33.3 Å². The molecule has 0 aliphatic rings. The Labute approximate surface area is 117 Å². The molecule has 0 bridgehead atoms. The summed E-state index contributed by atoms with van der Waals surface area (Å²) in [5.41, 5.74) is 2.51. The third-order valence-electron chi connectivity index (χ3n) is 3.01. The van der Waals surface area contributed by atoms with Crippen LogP contribution in [-0.2, 0) is 6.54 Å². The van der Waals surface area contributed by atoms with Gasteiger partial charge in [0.05, 0.1) is 7.11 Å². The van der Waals surface area contributed by atoms with E-state index in [1.54, 1.807) is 7.11 Å². The van der Waals surface area contributed by atoms with Crippen molar-refractivity contribution < 1.29 is 4.74 Å². The molecule has 1 aromatic carbocycles. The molecular weight excluding hydrogens is 236 g/mol. The van der Waals surface area contributed by atoms with E-state index in [1.165, 1.54) is 11.1 Å². The number of rotatable bonds is 9. The summed E-state index contributed by atoms with van der Waals surface area (Å²) in [6.07, 6.45) is 1.15. The normalized spacial score (nSPS) is 11.0. The van der Waals surface area contributed by atoms with E-state index in [9.17, 15) is 0 Å².